The number of benzene rings is 1. The van der Waals surface area contributed by atoms with Crippen LogP contribution in [0.5, 0.6) is 0 Å². The minimum Gasteiger partial charge on any atom is -0.467 e. The highest BCUT2D eigenvalue weighted by Crippen LogP contribution is 2.16. The summed E-state index contributed by atoms with van der Waals surface area (Å²) < 4.78 is 5.26. The van der Waals surface area contributed by atoms with Crippen molar-refractivity contribution in [2.24, 2.45) is 0 Å². The van der Waals surface area contributed by atoms with Gasteiger partial charge in [-0.05, 0) is 48.5 Å². The van der Waals surface area contributed by atoms with Crippen molar-refractivity contribution in [3.63, 3.8) is 0 Å². The second-order valence-electron chi connectivity index (χ2n) is 5.76. The zero-order chi connectivity index (χ0) is 17.6. The fourth-order valence-electron chi connectivity index (χ4n) is 2.27. The first-order valence-electron chi connectivity index (χ1n) is 7.93. The number of rotatable bonds is 6. The molecule has 0 bridgehead atoms. The van der Waals surface area contributed by atoms with Crippen molar-refractivity contribution in [3.05, 3.63) is 72.4 Å². The van der Waals surface area contributed by atoms with Gasteiger partial charge >= 0.3 is 0 Å². The number of amides is 1. The van der Waals surface area contributed by atoms with Gasteiger partial charge in [0, 0.05) is 25.5 Å². The zero-order valence-electron chi connectivity index (χ0n) is 14.2. The predicted octanol–water partition coefficient (Wildman–Crippen LogP) is 3.61. The van der Waals surface area contributed by atoms with E-state index in [4.69, 9.17) is 4.42 Å². The lowest BCUT2D eigenvalue weighted by molar-refractivity contribution is 0.102. The molecule has 3 rings (SSSR count). The third-order valence-electron chi connectivity index (χ3n) is 3.68. The largest absolute Gasteiger partial charge is 0.467 e. The Morgan fingerprint density at radius 1 is 1.08 bits per heavy atom. The normalized spacial score (nSPS) is 10.3. The Morgan fingerprint density at radius 2 is 1.84 bits per heavy atom. The van der Waals surface area contributed by atoms with Crippen molar-refractivity contribution in [2.45, 2.75) is 6.54 Å². The first-order chi connectivity index (χ1) is 12.1. The number of hydrogen-bond donors (Lipinski definition) is 2. The fourth-order valence-corrected chi connectivity index (χ4v) is 2.27. The lowest BCUT2D eigenvalue weighted by atomic mass is 10.2. The number of aromatic nitrogens is 1. The summed E-state index contributed by atoms with van der Waals surface area (Å²) in [5, 5.41) is 6.03. The van der Waals surface area contributed by atoms with Crippen LogP contribution in [0.1, 0.15) is 16.2 Å². The lowest BCUT2D eigenvalue weighted by Gasteiger charge is -2.13. The van der Waals surface area contributed by atoms with Gasteiger partial charge in [-0.3, -0.25) is 4.79 Å². The van der Waals surface area contributed by atoms with Gasteiger partial charge in [-0.2, -0.15) is 0 Å². The van der Waals surface area contributed by atoms with Crippen molar-refractivity contribution in [1.29, 1.82) is 0 Å². The fraction of sp³-hybridized carbons (Fsp3) is 0.158. The molecule has 25 heavy (non-hydrogen) atoms. The molecule has 2 heterocycles. The minimum atomic E-state index is -0.241. The van der Waals surface area contributed by atoms with Crippen molar-refractivity contribution in [3.8, 4) is 0 Å². The van der Waals surface area contributed by atoms with Crippen LogP contribution < -0.4 is 15.5 Å². The molecule has 2 aromatic heterocycles. The molecule has 0 radical (unpaired) electrons. The quantitative estimate of drug-likeness (QED) is 0.720. The van der Waals surface area contributed by atoms with Crippen LogP contribution >= 0.6 is 0 Å². The molecule has 0 spiro atoms. The van der Waals surface area contributed by atoms with Gasteiger partial charge in [0.2, 0.25) is 0 Å². The Labute approximate surface area is 146 Å². The van der Waals surface area contributed by atoms with E-state index < -0.39 is 0 Å². The minimum absolute atomic E-state index is 0.241. The van der Waals surface area contributed by atoms with Gasteiger partial charge in [0.05, 0.1) is 24.7 Å². The van der Waals surface area contributed by atoms with Gasteiger partial charge in [0.15, 0.2) is 0 Å². The summed E-state index contributed by atoms with van der Waals surface area (Å²) in [5.74, 6) is 0.596. The average molecular weight is 336 g/mol. The molecular weight excluding hydrogens is 316 g/mol. The number of anilines is 3. The number of carbonyl (C=O) groups excluding carboxylic acids is 1. The molecule has 128 valence electrons. The number of hydrogen-bond acceptors (Lipinski definition) is 5. The van der Waals surface area contributed by atoms with Gasteiger partial charge in [-0.1, -0.05) is 0 Å². The second kappa shape index (κ2) is 7.53. The standard InChI is InChI=1S/C19H20N4O2/c1-23(2)16-8-5-14(6-9-16)22-19(24)18-10-7-15(12-21-18)20-13-17-4-3-11-25-17/h3-12,20H,13H2,1-2H3,(H,22,24). The first kappa shape index (κ1) is 16.6. The Morgan fingerprint density at radius 3 is 2.44 bits per heavy atom. The van der Waals surface area contributed by atoms with E-state index in [-0.39, 0.29) is 5.91 Å². The maximum atomic E-state index is 12.3. The molecule has 0 fully saturated rings. The molecule has 6 heteroatoms. The smallest absolute Gasteiger partial charge is 0.274 e. The highest BCUT2D eigenvalue weighted by molar-refractivity contribution is 6.03. The highest BCUT2D eigenvalue weighted by Gasteiger charge is 2.08. The predicted molar refractivity (Wildman–Crippen MR) is 99.0 cm³/mol. The Balaban J connectivity index is 1.58. The third-order valence-corrected chi connectivity index (χ3v) is 3.68. The Bertz CT molecular complexity index is 810. The first-order valence-corrected chi connectivity index (χ1v) is 7.93. The molecule has 0 saturated carbocycles. The summed E-state index contributed by atoms with van der Waals surface area (Å²) in [7, 11) is 3.94. The van der Waals surface area contributed by atoms with Crippen molar-refractivity contribution in [1.82, 2.24) is 4.98 Å². The molecular formula is C19H20N4O2. The summed E-state index contributed by atoms with van der Waals surface area (Å²) in [5.41, 5.74) is 2.99. The topological polar surface area (TPSA) is 70.4 Å². The molecule has 6 nitrogen and oxygen atoms in total. The van der Waals surface area contributed by atoms with Crippen LogP contribution in [0.25, 0.3) is 0 Å². The van der Waals surface area contributed by atoms with E-state index in [1.54, 1.807) is 18.5 Å². The zero-order valence-corrected chi connectivity index (χ0v) is 14.2. The van der Waals surface area contributed by atoms with E-state index in [2.05, 4.69) is 15.6 Å². The number of carbonyl (C=O) groups is 1. The number of nitrogens with zero attached hydrogens (tertiary/aromatic N) is 2. The van der Waals surface area contributed by atoms with Crippen LogP contribution in [0.15, 0.2) is 65.4 Å². The lowest BCUT2D eigenvalue weighted by Crippen LogP contribution is -2.14. The Kier molecular flexibility index (Phi) is 4.99. The van der Waals surface area contributed by atoms with Crippen molar-refractivity contribution >= 4 is 23.0 Å². The molecule has 1 amide bonds. The molecule has 0 unspecified atom stereocenters. The van der Waals surface area contributed by atoms with Crippen molar-refractivity contribution < 1.29 is 9.21 Å². The summed E-state index contributed by atoms with van der Waals surface area (Å²) in [6.45, 7) is 0.568. The monoisotopic (exact) mass is 336 g/mol. The molecule has 0 saturated heterocycles. The molecule has 2 N–H and O–H groups in total. The third kappa shape index (κ3) is 4.38. The van der Waals surface area contributed by atoms with E-state index in [0.717, 1.165) is 22.8 Å². The van der Waals surface area contributed by atoms with Crippen LogP contribution in [0.2, 0.25) is 0 Å². The van der Waals surface area contributed by atoms with Gasteiger partial charge in [0.1, 0.15) is 11.5 Å². The average Bonchev–Trinajstić information content (AvgIpc) is 3.14. The van der Waals surface area contributed by atoms with Crippen LogP contribution in [0, 0.1) is 0 Å². The molecule has 3 aromatic rings. The SMILES string of the molecule is CN(C)c1ccc(NC(=O)c2ccc(NCc3ccco3)cn2)cc1. The summed E-state index contributed by atoms with van der Waals surface area (Å²) in [6.07, 6.45) is 3.26. The highest BCUT2D eigenvalue weighted by atomic mass is 16.3. The molecule has 0 aliphatic carbocycles. The van der Waals surface area contributed by atoms with Gasteiger partial charge in [-0.15, -0.1) is 0 Å². The van der Waals surface area contributed by atoms with E-state index in [1.807, 2.05) is 61.5 Å². The molecule has 1 aromatic carbocycles. The summed E-state index contributed by atoms with van der Waals surface area (Å²) in [4.78, 5) is 18.5. The van der Waals surface area contributed by atoms with Crippen LogP contribution in [0.4, 0.5) is 17.1 Å². The van der Waals surface area contributed by atoms with E-state index in [1.165, 1.54) is 0 Å². The van der Waals surface area contributed by atoms with Crippen molar-refractivity contribution in [2.75, 3.05) is 29.6 Å². The van der Waals surface area contributed by atoms with Crippen LogP contribution in [-0.4, -0.2) is 25.0 Å². The second-order valence-corrected chi connectivity index (χ2v) is 5.76. The number of pyridine rings is 1. The maximum absolute atomic E-state index is 12.3. The summed E-state index contributed by atoms with van der Waals surface area (Å²) >= 11 is 0. The van der Waals surface area contributed by atoms with Gasteiger partial charge in [0.25, 0.3) is 5.91 Å². The van der Waals surface area contributed by atoms with Crippen LogP contribution in [0.3, 0.4) is 0 Å². The van der Waals surface area contributed by atoms with Crippen LogP contribution in [-0.2, 0) is 6.54 Å². The molecule has 0 aliphatic heterocycles. The van der Waals surface area contributed by atoms with Gasteiger partial charge < -0.3 is 20.0 Å². The van der Waals surface area contributed by atoms with Gasteiger partial charge in [-0.25, -0.2) is 4.98 Å². The maximum Gasteiger partial charge on any atom is 0.274 e. The molecule has 0 aliphatic rings. The summed E-state index contributed by atoms with van der Waals surface area (Å²) in [6, 6.07) is 14.9. The number of furan rings is 1. The number of nitrogens with one attached hydrogen (secondary N) is 2. The molecule has 0 atom stereocenters. The van der Waals surface area contributed by atoms with E-state index in [9.17, 15) is 4.79 Å². The Hall–Kier alpha value is -3.28. The van der Waals surface area contributed by atoms with E-state index in [0.29, 0.717) is 12.2 Å². The van der Waals surface area contributed by atoms with E-state index >= 15 is 0 Å².